The van der Waals surface area contributed by atoms with Crippen molar-refractivity contribution in [1.29, 1.82) is 0 Å². The zero-order valence-electron chi connectivity index (χ0n) is 20.8. The van der Waals surface area contributed by atoms with Gasteiger partial charge in [-0.25, -0.2) is 14.8 Å². The number of nitrogens with zero attached hydrogens (tertiary/aromatic N) is 3. The topological polar surface area (TPSA) is 93.6 Å². The number of ether oxygens (including phenoxy) is 2. The molecule has 2 aliphatic rings. The van der Waals surface area contributed by atoms with Crippen LogP contribution in [0.1, 0.15) is 60.3 Å². The lowest BCUT2D eigenvalue weighted by Crippen LogP contribution is -2.40. The summed E-state index contributed by atoms with van der Waals surface area (Å²) >= 11 is 1.61. The first kappa shape index (κ1) is 24.5. The highest BCUT2D eigenvalue weighted by atomic mass is 32.1. The van der Waals surface area contributed by atoms with Crippen molar-refractivity contribution in [3.05, 3.63) is 40.3 Å². The molecule has 0 amide bonds. The van der Waals surface area contributed by atoms with Crippen molar-refractivity contribution in [3.63, 3.8) is 0 Å². The number of nitrogens with one attached hydrogen (secondary N) is 1. The Morgan fingerprint density at radius 2 is 1.81 bits per heavy atom. The van der Waals surface area contributed by atoms with E-state index in [0.29, 0.717) is 37.0 Å². The lowest BCUT2D eigenvalue weighted by atomic mass is 9.95. The number of para-hydroxylation sites is 2. The smallest absolute Gasteiger partial charge is 0.341 e. The van der Waals surface area contributed by atoms with Gasteiger partial charge in [0.05, 0.1) is 35.7 Å². The minimum absolute atomic E-state index is 0.166. The van der Waals surface area contributed by atoms with E-state index in [1.165, 1.54) is 4.88 Å². The van der Waals surface area contributed by atoms with Gasteiger partial charge in [0.2, 0.25) is 0 Å². The van der Waals surface area contributed by atoms with E-state index in [4.69, 9.17) is 19.4 Å². The first-order chi connectivity index (χ1) is 17.6. The maximum atomic E-state index is 13.0. The van der Waals surface area contributed by atoms with Crippen LogP contribution in [0, 0.1) is 5.92 Å². The van der Waals surface area contributed by atoms with E-state index >= 15 is 0 Å². The van der Waals surface area contributed by atoms with Crippen LogP contribution >= 0.6 is 11.3 Å². The number of hydrogen-bond donors (Lipinski definition) is 1. The maximum Gasteiger partial charge on any atom is 0.341 e. The fourth-order valence-electron chi connectivity index (χ4n) is 5.10. The van der Waals surface area contributed by atoms with Gasteiger partial charge in [-0.15, -0.1) is 11.3 Å². The molecule has 1 saturated heterocycles. The summed E-state index contributed by atoms with van der Waals surface area (Å²) in [5.41, 5.74) is 3.28. The van der Waals surface area contributed by atoms with Gasteiger partial charge in [-0.3, -0.25) is 4.79 Å². The third kappa shape index (κ3) is 4.89. The minimum atomic E-state index is -0.296. The van der Waals surface area contributed by atoms with Crippen LogP contribution in [0.4, 0.5) is 16.6 Å². The maximum absolute atomic E-state index is 13.0. The summed E-state index contributed by atoms with van der Waals surface area (Å²) in [6, 6.07) is 7.75. The van der Waals surface area contributed by atoms with Crippen molar-refractivity contribution in [2.24, 2.45) is 5.92 Å². The van der Waals surface area contributed by atoms with Crippen LogP contribution in [0.25, 0.3) is 11.0 Å². The molecule has 190 valence electrons. The summed E-state index contributed by atoms with van der Waals surface area (Å²) in [5.74, 6) is 0.603. The summed E-state index contributed by atoms with van der Waals surface area (Å²) in [6.07, 6.45) is 5.70. The number of carbonyl (C=O) groups is 2. The van der Waals surface area contributed by atoms with Crippen molar-refractivity contribution in [2.45, 2.75) is 52.4 Å². The lowest BCUT2D eigenvalue weighted by Gasteiger charge is -2.33. The number of piperidine rings is 1. The number of benzene rings is 1. The number of fused-ring (bicyclic) bond motifs is 2. The third-order valence-corrected chi connectivity index (χ3v) is 7.98. The lowest BCUT2D eigenvalue weighted by molar-refractivity contribution is -0.148. The van der Waals surface area contributed by atoms with Gasteiger partial charge in [0, 0.05) is 18.0 Å². The molecule has 0 spiro atoms. The number of aryl methyl sites for hydroxylation is 1. The molecule has 0 saturated carbocycles. The highest BCUT2D eigenvalue weighted by Gasteiger charge is 2.31. The quantitative estimate of drug-likeness (QED) is 0.432. The van der Waals surface area contributed by atoms with Crippen molar-refractivity contribution >= 4 is 50.9 Å². The zero-order chi connectivity index (χ0) is 25.1. The standard InChI is InChI=1S/C27H32N4O4S/c1-3-34-26(32)17-10-9-15-31(16-17)24-23(28-19-12-6-7-13-20(19)29-24)30-25-22(27(33)35-4-2)18-11-5-8-14-21(18)36-25/h6-7,12-13,17H,3-5,8-11,14-16H2,1-2H3,(H,28,30)/t17-/m1/s1. The Morgan fingerprint density at radius 3 is 2.58 bits per heavy atom. The van der Waals surface area contributed by atoms with E-state index in [0.717, 1.165) is 66.7 Å². The summed E-state index contributed by atoms with van der Waals surface area (Å²) in [7, 11) is 0. The number of aromatic nitrogens is 2. The van der Waals surface area contributed by atoms with E-state index in [1.807, 2.05) is 38.1 Å². The van der Waals surface area contributed by atoms with Gasteiger partial charge in [0.15, 0.2) is 11.6 Å². The van der Waals surface area contributed by atoms with Crippen LogP contribution < -0.4 is 10.2 Å². The minimum Gasteiger partial charge on any atom is -0.466 e. The molecule has 0 bridgehead atoms. The van der Waals surface area contributed by atoms with Crippen LogP contribution in [-0.4, -0.2) is 48.2 Å². The molecule has 0 unspecified atom stereocenters. The molecule has 2 aromatic heterocycles. The molecule has 5 rings (SSSR count). The molecular weight excluding hydrogens is 476 g/mol. The van der Waals surface area contributed by atoms with E-state index < -0.39 is 0 Å². The first-order valence-corrected chi connectivity index (χ1v) is 13.7. The van der Waals surface area contributed by atoms with Gasteiger partial charge in [-0.1, -0.05) is 12.1 Å². The largest absolute Gasteiger partial charge is 0.466 e. The molecule has 1 fully saturated rings. The summed E-state index contributed by atoms with van der Waals surface area (Å²) in [5, 5.41) is 4.24. The fraction of sp³-hybridized carbons (Fsp3) is 0.481. The summed E-state index contributed by atoms with van der Waals surface area (Å²) < 4.78 is 10.7. The molecule has 3 heterocycles. The van der Waals surface area contributed by atoms with Crippen molar-refractivity contribution in [3.8, 4) is 0 Å². The number of esters is 2. The normalized spacial score (nSPS) is 17.5. The highest BCUT2D eigenvalue weighted by Crippen LogP contribution is 2.41. The SMILES string of the molecule is CCOC(=O)c1c(Nc2nc3ccccc3nc2N2CCC[C@@H](C(=O)OCC)C2)sc2c1CCCC2. The second-order valence-electron chi connectivity index (χ2n) is 9.18. The molecule has 1 N–H and O–H groups in total. The zero-order valence-corrected chi connectivity index (χ0v) is 21.7. The Balaban J connectivity index is 1.55. The van der Waals surface area contributed by atoms with Gasteiger partial charge in [0.25, 0.3) is 0 Å². The molecule has 1 atom stereocenters. The van der Waals surface area contributed by atoms with Gasteiger partial charge in [-0.2, -0.15) is 0 Å². The molecule has 0 radical (unpaired) electrons. The Labute approximate surface area is 215 Å². The van der Waals surface area contributed by atoms with E-state index in [2.05, 4.69) is 10.2 Å². The van der Waals surface area contributed by atoms with Gasteiger partial charge >= 0.3 is 11.9 Å². The molecule has 1 aromatic carbocycles. The predicted octanol–water partition coefficient (Wildman–Crippen LogP) is 5.27. The Bertz CT molecular complexity index is 1270. The van der Waals surface area contributed by atoms with Gasteiger partial charge < -0.3 is 19.7 Å². The van der Waals surface area contributed by atoms with E-state index in [-0.39, 0.29) is 17.9 Å². The average molecular weight is 509 g/mol. The highest BCUT2D eigenvalue weighted by molar-refractivity contribution is 7.16. The Kier molecular flexibility index (Phi) is 7.36. The molecule has 1 aliphatic carbocycles. The third-order valence-electron chi connectivity index (χ3n) is 6.78. The van der Waals surface area contributed by atoms with Crippen molar-refractivity contribution < 1.29 is 19.1 Å². The van der Waals surface area contributed by atoms with Crippen molar-refractivity contribution in [1.82, 2.24) is 9.97 Å². The number of anilines is 3. The summed E-state index contributed by atoms with van der Waals surface area (Å²) in [6.45, 7) is 5.64. The molecule has 3 aromatic rings. The van der Waals surface area contributed by atoms with Crippen molar-refractivity contribution in [2.75, 3.05) is 36.5 Å². The molecular formula is C27H32N4O4S. The van der Waals surface area contributed by atoms with Crippen LogP contribution in [0.3, 0.4) is 0 Å². The van der Waals surface area contributed by atoms with Crippen LogP contribution in [0.15, 0.2) is 24.3 Å². The van der Waals surface area contributed by atoms with Crippen LogP contribution in [-0.2, 0) is 27.1 Å². The average Bonchev–Trinajstić information content (AvgIpc) is 3.26. The van der Waals surface area contributed by atoms with Gasteiger partial charge in [0.1, 0.15) is 5.00 Å². The van der Waals surface area contributed by atoms with E-state index in [9.17, 15) is 9.59 Å². The molecule has 8 nitrogen and oxygen atoms in total. The number of rotatable bonds is 7. The molecule has 9 heteroatoms. The predicted molar refractivity (Wildman–Crippen MR) is 141 cm³/mol. The number of carbonyl (C=O) groups excluding carboxylic acids is 2. The molecule has 1 aliphatic heterocycles. The summed E-state index contributed by atoms with van der Waals surface area (Å²) in [4.78, 5) is 38.8. The number of hydrogen-bond acceptors (Lipinski definition) is 9. The Morgan fingerprint density at radius 1 is 1.06 bits per heavy atom. The fourth-order valence-corrected chi connectivity index (χ4v) is 6.37. The van der Waals surface area contributed by atoms with Crippen LogP contribution in [0.2, 0.25) is 0 Å². The first-order valence-electron chi connectivity index (χ1n) is 12.9. The molecule has 36 heavy (non-hydrogen) atoms. The second-order valence-corrected chi connectivity index (χ2v) is 10.3. The number of thiophene rings is 1. The van der Waals surface area contributed by atoms with Gasteiger partial charge in [-0.05, 0) is 70.1 Å². The second kappa shape index (κ2) is 10.8. The van der Waals surface area contributed by atoms with Crippen LogP contribution in [0.5, 0.6) is 0 Å². The Hall–Kier alpha value is -3.20. The monoisotopic (exact) mass is 508 g/mol. The van der Waals surface area contributed by atoms with E-state index in [1.54, 1.807) is 11.3 Å².